The topological polar surface area (TPSA) is 66.3 Å². The summed E-state index contributed by atoms with van der Waals surface area (Å²) in [7, 11) is 1.78. The summed E-state index contributed by atoms with van der Waals surface area (Å²) in [5.74, 6) is 0.873. The first kappa shape index (κ1) is 16.5. The van der Waals surface area contributed by atoms with Crippen molar-refractivity contribution in [2.45, 2.75) is 44.3 Å². The van der Waals surface area contributed by atoms with Crippen LogP contribution in [0.3, 0.4) is 0 Å². The molecule has 0 aromatic rings. The van der Waals surface area contributed by atoms with Gasteiger partial charge in [-0.25, -0.2) is 0 Å². The third-order valence-electron chi connectivity index (χ3n) is 4.14. The first-order valence-electron chi connectivity index (χ1n) is 8.13. The molecule has 0 radical (unpaired) electrons. The van der Waals surface area contributed by atoms with Gasteiger partial charge in [-0.05, 0) is 32.1 Å². The summed E-state index contributed by atoms with van der Waals surface area (Å²) in [5.41, 5.74) is 0. The predicted octanol–water partition coefficient (Wildman–Crippen LogP) is 0.604. The molecule has 2 rings (SSSR count). The Kier molecular flexibility index (Phi) is 7.26. The largest absolute Gasteiger partial charge is 0.395 e. The second-order valence-corrected chi connectivity index (χ2v) is 5.71. The Bertz CT molecular complexity index is 311. The molecular formula is C15H29N3O3. The minimum absolute atomic E-state index is 0.125. The summed E-state index contributed by atoms with van der Waals surface area (Å²) in [6.45, 7) is 4.19. The summed E-state index contributed by atoms with van der Waals surface area (Å²) in [4.78, 5) is 6.48. The van der Waals surface area contributed by atoms with Crippen LogP contribution in [-0.2, 0) is 9.47 Å². The van der Waals surface area contributed by atoms with Gasteiger partial charge in [0, 0.05) is 33.3 Å². The van der Waals surface area contributed by atoms with Crippen LogP contribution in [0.2, 0.25) is 0 Å². The first-order valence-corrected chi connectivity index (χ1v) is 8.13. The number of rotatable bonds is 5. The number of aliphatic hydroxyl groups excluding tert-OH is 1. The van der Waals surface area contributed by atoms with E-state index in [9.17, 15) is 0 Å². The van der Waals surface area contributed by atoms with Gasteiger partial charge in [0.25, 0.3) is 0 Å². The number of hydrogen-bond acceptors (Lipinski definition) is 4. The zero-order valence-corrected chi connectivity index (χ0v) is 13.1. The molecule has 1 unspecified atom stereocenters. The second kappa shape index (κ2) is 9.23. The van der Waals surface area contributed by atoms with E-state index in [-0.39, 0.29) is 6.61 Å². The van der Waals surface area contributed by atoms with E-state index in [0.717, 1.165) is 51.5 Å². The zero-order valence-electron chi connectivity index (χ0n) is 13.1. The van der Waals surface area contributed by atoms with Gasteiger partial charge in [0.2, 0.25) is 0 Å². The Morgan fingerprint density at radius 2 is 2.14 bits per heavy atom. The van der Waals surface area contributed by atoms with Crippen molar-refractivity contribution in [3.05, 3.63) is 0 Å². The molecule has 21 heavy (non-hydrogen) atoms. The third-order valence-corrected chi connectivity index (χ3v) is 4.14. The van der Waals surface area contributed by atoms with Gasteiger partial charge < -0.3 is 24.8 Å². The minimum atomic E-state index is 0.125. The predicted molar refractivity (Wildman–Crippen MR) is 82.6 cm³/mol. The van der Waals surface area contributed by atoms with Gasteiger partial charge in [0.15, 0.2) is 5.96 Å². The molecule has 0 bridgehead atoms. The van der Waals surface area contributed by atoms with Gasteiger partial charge in [-0.2, -0.15) is 0 Å². The highest BCUT2D eigenvalue weighted by molar-refractivity contribution is 5.79. The SMILES string of the molecule is CN=C(NCCO)N1CCC(OCC2CCCCO2)CC1. The number of nitrogens with zero attached hydrogens (tertiary/aromatic N) is 2. The van der Waals surface area contributed by atoms with Crippen LogP contribution >= 0.6 is 0 Å². The van der Waals surface area contributed by atoms with Gasteiger partial charge in [-0.15, -0.1) is 0 Å². The Morgan fingerprint density at radius 3 is 2.76 bits per heavy atom. The molecule has 6 heteroatoms. The van der Waals surface area contributed by atoms with Crippen LogP contribution in [0.5, 0.6) is 0 Å². The highest BCUT2D eigenvalue weighted by Crippen LogP contribution is 2.17. The number of ether oxygens (including phenoxy) is 2. The molecule has 0 aromatic carbocycles. The summed E-state index contributed by atoms with van der Waals surface area (Å²) in [5, 5.41) is 12.0. The number of likely N-dealkylation sites (tertiary alicyclic amines) is 1. The molecule has 1 atom stereocenters. The van der Waals surface area contributed by atoms with E-state index in [1.807, 2.05) is 0 Å². The zero-order chi connectivity index (χ0) is 14.9. The quantitative estimate of drug-likeness (QED) is 0.575. The van der Waals surface area contributed by atoms with Crippen LogP contribution in [0, 0.1) is 0 Å². The molecule has 2 heterocycles. The molecule has 122 valence electrons. The van der Waals surface area contributed by atoms with E-state index in [1.54, 1.807) is 7.05 Å². The van der Waals surface area contributed by atoms with E-state index in [0.29, 0.717) is 18.8 Å². The van der Waals surface area contributed by atoms with Gasteiger partial charge in [0.05, 0.1) is 25.4 Å². The first-order chi connectivity index (χ1) is 10.3. The second-order valence-electron chi connectivity index (χ2n) is 5.71. The molecule has 2 fully saturated rings. The lowest BCUT2D eigenvalue weighted by molar-refractivity contribution is -0.0721. The average molecular weight is 299 g/mol. The van der Waals surface area contributed by atoms with Crippen molar-refractivity contribution < 1.29 is 14.6 Å². The Labute approximate surface area is 127 Å². The van der Waals surface area contributed by atoms with E-state index in [2.05, 4.69) is 15.2 Å². The smallest absolute Gasteiger partial charge is 0.193 e. The van der Waals surface area contributed by atoms with E-state index < -0.39 is 0 Å². The lowest BCUT2D eigenvalue weighted by atomic mass is 10.1. The van der Waals surface area contributed by atoms with Crippen molar-refractivity contribution in [1.82, 2.24) is 10.2 Å². The van der Waals surface area contributed by atoms with E-state index in [4.69, 9.17) is 14.6 Å². The third kappa shape index (κ3) is 5.45. The average Bonchev–Trinajstić information content (AvgIpc) is 2.56. The van der Waals surface area contributed by atoms with Crippen molar-refractivity contribution in [3.63, 3.8) is 0 Å². The highest BCUT2D eigenvalue weighted by atomic mass is 16.5. The maximum Gasteiger partial charge on any atom is 0.193 e. The number of aliphatic hydroxyl groups is 1. The molecule has 0 spiro atoms. The molecule has 2 aliphatic rings. The van der Waals surface area contributed by atoms with Crippen molar-refractivity contribution in [2.24, 2.45) is 4.99 Å². The van der Waals surface area contributed by atoms with E-state index in [1.165, 1.54) is 12.8 Å². The lowest BCUT2D eigenvalue weighted by Gasteiger charge is -2.35. The molecule has 0 aromatic heterocycles. The molecule has 2 aliphatic heterocycles. The normalized spacial score (nSPS) is 25.1. The number of aliphatic imine (C=N–C) groups is 1. The van der Waals surface area contributed by atoms with Crippen LogP contribution in [0.1, 0.15) is 32.1 Å². The van der Waals surface area contributed by atoms with Crippen molar-refractivity contribution in [3.8, 4) is 0 Å². The molecular weight excluding hydrogens is 270 g/mol. The summed E-state index contributed by atoms with van der Waals surface area (Å²) in [6, 6.07) is 0. The van der Waals surface area contributed by atoms with Crippen LogP contribution in [-0.4, -0.2) is 74.7 Å². The van der Waals surface area contributed by atoms with Crippen molar-refractivity contribution >= 4 is 5.96 Å². The Balaban J connectivity index is 1.65. The van der Waals surface area contributed by atoms with Crippen molar-refractivity contribution in [2.75, 3.05) is 46.5 Å². The fourth-order valence-electron chi connectivity index (χ4n) is 2.92. The summed E-state index contributed by atoms with van der Waals surface area (Å²) >= 11 is 0. The molecule has 0 amide bonds. The molecule has 0 aliphatic carbocycles. The highest BCUT2D eigenvalue weighted by Gasteiger charge is 2.23. The molecule has 2 N–H and O–H groups in total. The van der Waals surface area contributed by atoms with Crippen LogP contribution < -0.4 is 5.32 Å². The molecule has 0 saturated carbocycles. The van der Waals surface area contributed by atoms with Crippen molar-refractivity contribution in [1.29, 1.82) is 0 Å². The summed E-state index contributed by atoms with van der Waals surface area (Å²) in [6.07, 6.45) is 6.27. The van der Waals surface area contributed by atoms with Gasteiger partial charge in [-0.1, -0.05) is 0 Å². The van der Waals surface area contributed by atoms with Crippen LogP contribution in [0.25, 0.3) is 0 Å². The lowest BCUT2D eigenvalue weighted by Crippen LogP contribution is -2.47. The van der Waals surface area contributed by atoms with Gasteiger partial charge in [-0.3, -0.25) is 4.99 Å². The van der Waals surface area contributed by atoms with Crippen LogP contribution in [0.15, 0.2) is 4.99 Å². The number of guanidine groups is 1. The van der Waals surface area contributed by atoms with Crippen LogP contribution in [0.4, 0.5) is 0 Å². The van der Waals surface area contributed by atoms with E-state index >= 15 is 0 Å². The number of piperidine rings is 1. The van der Waals surface area contributed by atoms with Gasteiger partial charge >= 0.3 is 0 Å². The minimum Gasteiger partial charge on any atom is -0.395 e. The maximum atomic E-state index is 8.88. The fraction of sp³-hybridized carbons (Fsp3) is 0.933. The molecule has 6 nitrogen and oxygen atoms in total. The Hall–Kier alpha value is -0.850. The monoisotopic (exact) mass is 299 g/mol. The summed E-state index contributed by atoms with van der Waals surface area (Å²) < 4.78 is 11.7. The number of nitrogens with one attached hydrogen (secondary N) is 1. The maximum absolute atomic E-state index is 8.88. The number of hydrogen-bond donors (Lipinski definition) is 2. The standard InChI is InChI=1S/C15H29N3O3/c1-16-15(17-7-10-19)18-8-5-13(6-9-18)21-12-14-4-2-3-11-20-14/h13-14,19H,2-12H2,1H3,(H,16,17). The molecule has 2 saturated heterocycles. The fourth-order valence-corrected chi connectivity index (χ4v) is 2.92. The Morgan fingerprint density at radius 1 is 1.33 bits per heavy atom. The van der Waals surface area contributed by atoms with Gasteiger partial charge in [0.1, 0.15) is 0 Å².